The maximum absolute atomic E-state index is 12.7. The molecule has 2 N–H and O–H groups in total. The number of benzene rings is 1. The zero-order valence-electron chi connectivity index (χ0n) is 14.8. The van der Waals surface area contributed by atoms with Crippen LogP contribution in [0.3, 0.4) is 0 Å². The number of ether oxygens (including phenoxy) is 1. The van der Waals surface area contributed by atoms with Gasteiger partial charge in [0.05, 0.1) is 18.6 Å². The normalized spacial score (nSPS) is 14.3. The Morgan fingerprint density at radius 3 is 2.38 bits per heavy atom. The summed E-state index contributed by atoms with van der Waals surface area (Å²) in [5.74, 6) is 0.671. The summed E-state index contributed by atoms with van der Waals surface area (Å²) in [6, 6.07) is 8.43. The van der Waals surface area contributed by atoms with Gasteiger partial charge in [-0.25, -0.2) is 0 Å². The van der Waals surface area contributed by atoms with Crippen molar-refractivity contribution < 1.29 is 18.7 Å². The molecular weight excluding hydrogens is 334 g/mol. The number of carbonyl (C=O) groups is 2. The van der Waals surface area contributed by atoms with Crippen LogP contribution >= 0.6 is 0 Å². The Morgan fingerprint density at radius 2 is 1.81 bits per heavy atom. The molecule has 0 bridgehead atoms. The number of anilines is 1. The van der Waals surface area contributed by atoms with Gasteiger partial charge in [0.1, 0.15) is 5.75 Å². The number of rotatable bonds is 5. The van der Waals surface area contributed by atoms with Crippen LogP contribution in [0, 0.1) is 0 Å². The van der Waals surface area contributed by atoms with Gasteiger partial charge in [0, 0.05) is 31.7 Å². The van der Waals surface area contributed by atoms with E-state index in [9.17, 15) is 9.59 Å². The Bertz CT molecular complexity index is 765. The van der Waals surface area contributed by atoms with Crippen molar-refractivity contribution in [2.45, 2.75) is 13.3 Å². The van der Waals surface area contributed by atoms with Gasteiger partial charge >= 0.3 is 0 Å². The fourth-order valence-electron chi connectivity index (χ4n) is 2.88. The number of furan rings is 1. The van der Waals surface area contributed by atoms with Crippen molar-refractivity contribution in [1.29, 1.82) is 0 Å². The van der Waals surface area contributed by atoms with Gasteiger partial charge in [0.25, 0.3) is 11.8 Å². The van der Waals surface area contributed by atoms with Crippen LogP contribution in [0.25, 0.3) is 0 Å². The van der Waals surface area contributed by atoms with Crippen molar-refractivity contribution in [3.8, 4) is 5.75 Å². The summed E-state index contributed by atoms with van der Waals surface area (Å²) >= 11 is 0. The zero-order chi connectivity index (χ0) is 18.5. The lowest BCUT2D eigenvalue weighted by atomic mass is 10.1. The van der Waals surface area contributed by atoms with E-state index < -0.39 is 0 Å². The molecule has 26 heavy (non-hydrogen) atoms. The van der Waals surface area contributed by atoms with Crippen LogP contribution in [0.5, 0.6) is 5.75 Å². The van der Waals surface area contributed by atoms with Gasteiger partial charge in [0.2, 0.25) is 0 Å². The van der Waals surface area contributed by atoms with E-state index >= 15 is 0 Å². The predicted octanol–water partition coefficient (Wildman–Crippen LogP) is 2.25. The SMILES string of the molecule is CCCOc1ccc(C(=O)N2CCN(C(=O)c3ccco3)CC2)cc1N. The second kappa shape index (κ2) is 7.95. The molecule has 0 aliphatic carbocycles. The molecule has 1 aromatic heterocycles. The molecule has 2 amide bonds. The highest BCUT2D eigenvalue weighted by atomic mass is 16.5. The van der Waals surface area contributed by atoms with Crippen molar-refractivity contribution in [2.24, 2.45) is 0 Å². The molecule has 2 heterocycles. The van der Waals surface area contributed by atoms with Crippen LogP contribution < -0.4 is 10.5 Å². The molecule has 0 unspecified atom stereocenters. The van der Waals surface area contributed by atoms with Crippen LogP contribution in [0.1, 0.15) is 34.3 Å². The lowest BCUT2D eigenvalue weighted by Gasteiger charge is -2.34. The minimum absolute atomic E-state index is 0.0937. The lowest BCUT2D eigenvalue weighted by molar-refractivity contribution is 0.0518. The smallest absolute Gasteiger partial charge is 0.289 e. The van der Waals surface area contributed by atoms with Crippen molar-refractivity contribution in [1.82, 2.24) is 9.80 Å². The maximum atomic E-state index is 12.7. The monoisotopic (exact) mass is 357 g/mol. The Hall–Kier alpha value is -2.96. The topological polar surface area (TPSA) is 89.0 Å². The fraction of sp³-hybridized carbons (Fsp3) is 0.368. The van der Waals surface area contributed by atoms with Gasteiger partial charge < -0.3 is 24.7 Å². The first-order valence-corrected chi connectivity index (χ1v) is 8.74. The molecule has 3 rings (SSSR count). The van der Waals surface area contributed by atoms with Crippen molar-refractivity contribution in [3.63, 3.8) is 0 Å². The maximum Gasteiger partial charge on any atom is 0.289 e. The van der Waals surface area contributed by atoms with E-state index in [-0.39, 0.29) is 11.8 Å². The first-order chi connectivity index (χ1) is 12.6. The zero-order valence-corrected chi connectivity index (χ0v) is 14.8. The Balaban J connectivity index is 1.60. The van der Waals surface area contributed by atoms with E-state index in [0.717, 1.165) is 6.42 Å². The van der Waals surface area contributed by atoms with Crippen LogP contribution in [-0.4, -0.2) is 54.4 Å². The van der Waals surface area contributed by atoms with E-state index in [4.69, 9.17) is 14.9 Å². The summed E-state index contributed by atoms with van der Waals surface area (Å²) in [5.41, 5.74) is 6.97. The van der Waals surface area contributed by atoms with Crippen molar-refractivity contribution in [2.75, 3.05) is 38.5 Å². The number of hydrogen-bond donors (Lipinski definition) is 1. The van der Waals surface area contributed by atoms with E-state index in [1.165, 1.54) is 6.26 Å². The van der Waals surface area contributed by atoms with Gasteiger partial charge in [-0.2, -0.15) is 0 Å². The molecule has 1 aromatic carbocycles. The number of nitrogens with zero attached hydrogens (tertiary/aromatic N) is 2. The number of nitrogens with two attached hydrogens (primary N) is 1. The Morgan fingerprint density at radius 1 is 1.12 bits per heavy atom. The molecule has 7 nitrogen and oxygen atoms in total. The number of carbonyl (C=O) groups excluding carboxylic acids is 2. The predicted molar refractivity (Wildman–Crippen MR) is 97.2 cm³/mol. The Kier molecular flexibility index (Phi) is 5.46. The quantitative estimate of drug-likeness (QED) is 0.829. The van der Waals surface area contributed by atoms with Crippen LogP contribution in [0.4, 0.5) is 5.69 Å². The van der Waals surface area contributed by atoms with Gasteiger partial charge in [-0.15, -0.1) is 0 Å². The third kappa shape index (κ3) is 3.82. The highest BCUT2D eigenvalue weighted by Crippen LogP contribution is 2.24. The van der Waals surface area contributed by atoms with Crippen LogP contribution in [0.2, 0.25) is 0 Å². The highest BCUT2D eigenvalue weighted by Gasteiger charge is 2.26. The molecule has 0 radical (unpaired) electrons. The number of hydrogen-bond acceptors (Lipinski definition) is 5. The van der Waals surface area contributed by atoms with Crippen LogP contribution in [0.15, 0.2) is 41.0 Å². The fourth-order valence-corrected chi connectivity index (χ4v) is 2.88. The highest BCUT2D eigenvalue weighted by molar-refractivity contribution is 5.96. The summed E-state index contributed by atoms with van der Waals surface area (Å²) in [7, 11) is 0. The molecule has 7 heteroatoms. The van der Waals surface area contributed by atoms with E-state index in [2.05, 4.69) is 0 Å². The van der Waals surface area contributed by atoms with Crippen LogP contribution in [-0.2, 0) is 0 Å². The lowest BCUT2D eigenvalue weighted by Crippen LogP contribution is -2.50. The first-order valence-electron chi connectivity index (χ1n) is 8.74. The molecule has 138 valence electrons. The third-order valence-electron chi connectivity index (χ3n) is 4.30. The minimum atomic E-state index is -0.149. The van der Waals surface area contributed by atoms with E-state index in [1.807, 2.05) is 6.92 Å². The first kappa shape index (κ1) is 17.8. The summed E-state index contributed by atoms with van der Waals surface area (Å²) in [6.07, 6.45) is 2.37. The molecule has 1 aliphatic heterocycles. The molecule has 2 aromatic rings. The van der Waals surface area contributed by atoms with E-state index in [0.29, 0.717) is 55.5 Å². The summed E-state index contributed by atoms with van der Waals surface area (Å²) in [6.45, 7) is 4.49. The number of piperazine rings is 1. The van der Waals surface area contributed by atoms with Crippen molar-refractivity contribution in [3.05, 3.63) is 47.9 Å². The summed E-state index contributed by atoms with van der Waals surface area (Å²) in [5, 5.41) is 0. The molecule has 1 aliphatic rings. The van der Waals surface area contributed by atoms with Crippen molar-refractivity contribution >= 4 is 17.5 Å². The summed E-state index contributed by atoms with van der Waals surface area (Å²) in [4.78, 5) is 28.4. The molecule has 0 saturated carbocycles. The van der Waals surface area contributed by atoms with E-state index in [1.54, 1.807) is 40.1 Å². The summed E-state index contributed by atoms with van der Waals surface area (Å²) < 4.78 is 10.7. The standard InChI is InChI=1S/C19H23N3O4/c1-2-11-25-16-6-5-14(13-15(16)20)18(23)21-7-9-22(10-8-21)19(24)17-4-3-12-26-17/h3-6,12-13H,2,7-11,20H2,1H3. The van der Waals surface area contributed by atoms with Gasteiger partial charge in [0.15, 0.2) is 5.76 Å². The molecule has 0 atom stereocenters. The Labute approximate surface area is 152 Å². The molecule has 1 fully saturated rings. The second-order valence-electron chi connectivity index (χ2n) is 6.16. The van der Waals surface area contributed by atoms with Gasteiger partial charge in [-0.05, 0) is 36.8 Å². The second-order valence-corrected chi connectivity index (χ2v) is 6.16. The van der Waals surface area contributed by atoms with Gasteiger partial charge in [-0.1, -0.05) is 6.92 Å². The average Bonchev–Trinajstić information content (AvgIpc) is 3.21. The number of nitrogen functional groups attached to an aromatic ring is 1. The largest absolute Gasteiger partial charge is 0.491 e. The number of amides is 2. The molecule has 1 saturated heterocycles. The average molecular weight is 357 g/mol. The molecule has 0 spiro atoms. The third-order valence-corrected chi connectivity index (χ3v) is 4.30. The molecular formula is C19H23N3O4. The van der Waals surface area contributed by atoms with Gasteiger partial charge in [-0.3, -0.25) is 9.59 Å². The minimum Gasteiger partial charge on any atom is -0.491 e.